The molecule has 15 heteroatoms. The van der Waals surface area contributed by atoms with Gasteiger partial charge in [-0.15, -0.1) is 11.8 Å². The largest absolute Gasteiger partial charge is 0.493 e. The van der Waals surface area contributed by atoms with E-state index in [1.165, 1.54) is 47.6 Å². The molecule has 0 radical (unpaired) electrons. The lowest BCUT2D eigenvalue weighted by atomic mass is 9.68. The molecule has 7 atom stereocenters. The standard InChI is InChI=1S/C35H32N4O8S3/c1-16-3-8-19(9-4-16)39-33(41)28-21-14-22(29(28)34(39)42)30-27(21)26(31-32(48-30)38-35(43)49-31)17-5-12-23(24(13-17)46-2)47-15-25(40)37-18-6-10-20(11-7-18)50(36,44)45/h3-13,21-22,26-30H,14-15H2,1-2H3,(H,37,40)(H,38,43)(H2,36,44,45)/t21-,22-,26+,27-,28+,29+,30-/m1/s1. The van der Waals surface area contributed by atoms with Gasteiger partial charge in [-0.3, -0.25) is 24.1 Å². The molecule has 3 amide bonds. The van der Waals surface area contributed by atoms with Crippen molar-refractivity contribution in [3.8, 4) is 11.5 Å². The fourth-order valence-corrected chi connectivity index (χ4v) is 11.8. The highest BCUT2D eigenvalue weighted by Crippen LogP contribution is 2.68. The Balaban J connectivity index is 1.06. The average Bonchev–Trinajstić information content (AvgIpc) is 3.83. The Morgan fingerprint density at radius 3 is 2.36 bits per heavy atom. The van der Waals surface area contributed by atoms with Crippen molar-refractivity contribution in [2.24, 2.45) is 34.7 Å². The molecule has 8 rings (SSSR count). The first-order chi connectivity index (χ1) is 23.9. The Morgan fingerprint density at radius 1 is 0.980 bits per heavy atom. The van der Waals surface area contributed by atoms with Gasteiger partial charge in [0.05, 0.1) is 34.6 Å². The zero-order valence-electron chi connectivity index (χ0n) is 26.8. The van der Waals surface area contributed by atoms with E-state index in [0.717, 1.165) is 27.5 Å². The number of nitrogens with two attached hydrogens (primary N) is 1. The van der Waals surface area contributed by atoms with Crippen LogP contribution in [0.5, 0.6) is 11.5 Å². The lowest BCUT2D eigenvalue weighted by Crippen LogP contribution is -2.42. The van der Waals surface area contributed by atoms with Gasteiger partial charge in [0.1, 0.15) is 0 Å². The minimum absolute atomic E-state index is 0.00261. The number of hydrogen-bond donors (Lipinski definition) is 3. The number of carbonyl (C=O) groups excluding carboxylic acids is 3. The van der Waals surface area contributed by atoms with Gasteiger partial charge in [0, 0.05) is 21.7 Å². The van der Waals surface area contributed by atoms with Gasteiger partial charge in [0.15, 0.2) is 18.1 Å². The molecule has 1 saturated heterocycles. The molecule has 50 heavy (non-hydrogen) atoms. The van der Waals surface area contributed by atoms with E-state index in [4.69, 9.17) is 14.6 Å². The maximum atomic E-state index is 14.0. The Morgan fingerprint density at radius 2 is 1.68 bits per heavy atom. The number of fused-ring (bicyclic) bond motifs is 9. The van der Waals surface area contributed by atoms with Crippen molar-refractivity contribution in [3.63, 3.8) is 0 Å². The molecule has 12 nitrogen and oxygen atoms in total. The molecule has 2 saturated carbocycles. The second-order valence-electron chi connectivity index (χ2n) is 13.1. The zero-order chi connectivity index (χ0) is 35.1. The van der Waals surface area contributed by atoms with E-state index < -0.39 is 27.8 Å². The third kappa shape index (κ3) is 5.34. The van der Waals surface area contributed by atoms with Crippen LogP contribution in [0.25, 0.3) is 0 Å². The number of anilines is 2. The van der Waals surface area contributed by atoms with Gasteiger partial charge >= 0.3 is 4.87 Å². The van der Waals surface area contributed by atoms with Crippen LogP contribution < -0.4 is 29.7 Å². The third-order valence-electron chi connectivity index (χ3n) is 10.4. The van der Waals surface area contributed by atoms with Gasteiger partial charge in [0.2, 0.25) is 21.8 Å². The molecule has 3 aromatic carbocycles. The second kappa shape index (κ2) is 12.1. The molecule has 3 fully saturated rings. The second-order valence-corrected chi connectivity index (χ2v) is 16.9. The summed E-state index contributed by atoms with van der Waals surface area (Å²) in [6.07, 6.45) is 0.769. The van der Waals surface area contributed by atoms with E-state index in [2.05, 4.69) is 10.3 Å². The van der Waals surface area contributed by atoms with Crippen LogP contribution in [-0.2, 0) is 24.4 Å². The van der Waals surface area contributed by atoms with Crippen LogP contribution in [-0.4, -0.2) is 50.1 Å². The average molecular weight is 733 g/mol. The lowest BCUT2D eigenvalue weighted by molar-refractivity contribution is -0.123. The third-order valence-corrected chi connectivity index (χ3v) is 13.9. The number of hydrogen-bond acceptors (Lipinski definition) is 10. The molecule has 2 aliphatic carbocycles. The first-order valence-corrected chi connectivity index (χ1v) is 19.2. The minimum Gasteiger partial charge on any atom is -0.493 e. The first-order valence-electron chi connectivity index (χ1n) is 16.0. The fourth-order valence-electron chi connectivity index (χ4n) is 8.40. The summed E-state index contributed by atoms with van der Waals surface area (Å²) in [5.41, 5.74) is 2.90. The SMILES string of the molecule is COc1cc([C@@H]2c3sc(=O)[nH]c3S[C@@H]3[C@@H]4C[C@@H]([C@@H]5C(=O)N(c6ccc(C)cc6)C(=O)[C@@H]45)[C@H]23)ccc1OCC(=O)Nc1ccc(S(N)(=O)=O)cc1. The molecule has 4 aromatic rings. The normalized spacial score (nSPS) is 26.4. The Labute approximate surface area is 295 Å². The number of nitrogens with one attached hydrogen (secondary N) is 2. The molecule has 3 heterocycles. The molecule has 2 bridgehead atoms. The van der Waals surface area contributed by atoms with Gasteiger partial charge in [-0.05, 0) is 85.2 Å². The molecule has 0 unspecified atom stereocenters. The summed E-state index contributed by atoms with van der Waals surface area (Å²) in [7, 11) is -2.36. The summed E-state index contributed by atoms with van der Waals surface area (Å²) >= 11 is 2.79. The number of rotatable bonds is 8. The van der Waals surface area contributed by atoms with Crippen LogP contribution >= 0.6 is 23.1 Å². The summed E-state index contributed by atoms with van der Waals surface area (Å²) in [4.78, 5) is 58.4. The number of aromatic amines is 1. The Kier molecular flexibility index (Phi) is 7.93. The van der Waals surface area contributed by atoms with Crippen LogP contribution in [0.4, 0.5) is 11.4 Å². The number of sulfonamides is 1. The first kappa shape index (κ1) is 32.7. The smallest absolute Gasteiger partial charge is 0.305 e. The number of thioether (sulfide) groups is 1. The zero-order valence-corrected chi connectivity index (χ0v) is 29.3. The van der Waals surface area contributed by atoms with Crippen molar-refractivity contribution >= 4 is 62.2 Å². The van der Waals surface area contributed by atoms with Crippen LogP contribution in [0.2, 0.25) is 0 Å². The molecule has 2 aliphatic heterocycles. The molecule has 4 N–H and O–H groups in total. The summed E-state index contributed by atoms with van der Waals surface area (Å²) in [6.45, 7) is 1.62. The van der Waals surface area contributed by atoms with E-state index in [9.17, 15) is 27.6 Å². The van der Waals surface area contributed by atoms with Gasteiger partial charge in [-0.25, -0.2) is 13.6 Å². The van der Waals surface area contributed by atoms with Gasteiger partial charge < -0.3 is 19.8 Å². The molecule has 0 spiro atoms. The Hall–Kier alpha value is -4.44. The van der Waals surface area contributed by atoms with Gasteiger partial charge in [-0.1, -0.05) is 35.1 Å². The highest BCUT2D eigenvalue weighted by Gasteiger charge is 2.69. The summed E-state index contributed by atoms with van der Waals surface area (Å²) in [5, 5.41) is 8.63. The lowest BCUT2D eigenvalue weighted by Gasteiger charge is -2.43. The van der Waals surface area contributed by atoms with E-state index in [1.807, 2.05) is 43.3 Å². The number of H-pyrrole nitrogens is 1. The highest BCUT2D eigenvalue weighted by atomic mass is 32.2. The van der Waals surface area contributed by atoms with E-state index in [1.54, 1.807) is 17.8 Å². The van der Waals surface area contributed by atoms with E-state index in [-0.39, 0.29) is 57.1 Å². The molecule has 1 aromatic heterocycles. The summed E-state index contributed by atoms with van der Waals surface area (Å²) in [5.74, 6) is -1.12. The number of aryl methyl sites for hydroxylation is 1. The Bertz CT molecular complexity index is 2220. The number of imide groups is 1. The molecular formula is C35H32N4O8S3. The number of primary sulfonamides is 1. The van der Waals surface area contributed by atoms with Crippen molar-refractivity contribution in [3.05, 3.63) is 92.4 Å². The number of thiazole rings is 1. The molecule has 258 valence electrons. The number of nitrogens with zero attached hydrogens (tertiary/aromatic N) is 1. The van der Waals surface area contributed by atoms with Crippen LogP contribution in [0.15, 0.2) is 81.4 Å². The van der Waals surface area contributed by atoms with Crippen molar-refractivity contribution in [2.75, 3.05) is 23.9 Å². The van der Waals surface area contributed by atoms with Crippen molar-refractivity contribution < 1.29 is 32.3 Å². The minimum atomic E-state index is -3.86. The summed E-state index contributed by atoms with van der Waals surface area (Å²) in [6, 6.07) is 18.4. The molecular weight excluding hydrogens is 701 g/mol. The van der Waals surface area contributed by atoms with E-state index in [0.29, 0.717) is 22.9 Å². The number of carbonyl (C=O) groups is 3. The molecule has 4 aliphatic rings. The predicted octanol–water partition coefficient (Wildman–Crippen LogP) is 4.10. The number of aromatic nitrogens is 1. The maximum Gasteiger partial charge on any atom is 0.305 e. The highest BCUT2D eigenvalue weighted by molar-refractivity contribution is 8.00. The summed E-state index contributed by atoms with van der Waals surface area (Å²) < 4.78 is 34.6. The number of methoxy groups -OCH3 is 1. The number of benzene rings is 3. The van der Waals surface area contributed by atoms with Crippen molar-refractivity contribution in [1.29, 1.82) is 0 Å². The number of amides is 3. The van der Waals surface area contributed by atoms with Gasteiger partial charge in [-0.2, -0.15) is 0 Å². The van der Waals surface area contributed by atoms with Crippen LogP contribution in [0, 0.1) is 36.5 Å². The number of ether oxygens (including phenoxy) is 2. The van der Waals surface area contributed by atoms with Crippen LogP contribution in [0.3, 0.4) is 0 Å². The quantitative estimate of drug-likeness (QED) is 0.225. The van der Waals surface area contributed by atoms with Crippen molar-refractivity contribution in [1.82, 2.24) is 4.98 Å². The van der Waals surface area contributed by atoms with Crippen molar-refractivity contribution in [2.45, 2.75) is 34.4 Å². The predicted molar refractivity (Wildman–Crippen MR) is 187 cm³/mol. The van der Waals surface area contributed by atoms with E-state index >= 15 is 0 Å². The maximum absolute atomic E-state index is 14.0. The van der Waals surface area contributed by atoms with Crippen LogP contribution in [0.1, 0.15) is 28.3 Å². The van der Waals surface area contributed by atoms with Gasteiger partial charge in [0.25, 0.3) is 5.91 Å². The topological polar surface area (TPSA) is 178 Å². The monoisotopic (exact) mass is 732 g/mol. The fraction of sp³-hybridized carbons (Fsp3) is 0.314.